The summed E-state index contributed by atoms with van der Waals surface area (Å²) < 4.78 is 0.964. The van der Waals surface area contributed by atoms with E-state index in [9.17, 15) is 4.79 Å². The Morgan fingerprint density at radius 1 is 1.39 bits per heavy atom. The number of hydrogen-bond acceptors (Lipinski definition) is 3. The summed E-state index contributed by atoms with van der Waals surface area (Å²) in [5, 5.41) is 3.36. The van der Waals surface area contributed by atoms with Crippen LogP contribution in [0.1, 0.15) is 27.5 Å². The number of aromatic nitrogens is 1. The van der Waals surface area contributed by atoms with Crippen LogP contribution in [0.3, 0.4) is 0 Å². The lowest BCUT2D eigenvalue weighted by Gasteiger charge is -2.36. The third-order valence-electron chi connectivity index (χ3n) is 3.99. The molecule has 1 unspecified atom stereocenters. The van der Waals surface area contributed by atoms with Crippen molar-refractivity contribution in [3.8, 4) is 0 Å². The lowest BCUT2D eigenvalue weighted by molar-refractivity contribution is 0.0634. The Morgan fingerprint density at radius 2 is 2.22 bits per heavy atom. The summed E-state index contributed by atoms with van der Waals surface area (Å²) in [7, 11) is 0. The summed E-state index contributed by atoms with van der Waals surface area (Å²) in [4.78, 5) is 19.0. The van der Waals surface area contributed by atoms with E-state index in [0.717, 1.165) is 28.7 Å². The molecule has 2 aromatic rings. The van der Waals surface area contributed by atoms with Crippen LogP contribution < -0.4 is 5.32 Å². The van der Waals surface area contributed by atoms with E-state index in [1.165, 1.54) is 0 Å². The van der Waals surface area contributed by atoms with E-state index < -0.39 is 0 Å². The molecule has 0 radical (unpaired) electrons. The largest absolute Gasteiger partial charge is 0.329 e. The van der Waals surface area contributed by atoms with E-state index >= 15 is 0 Å². The average Bonchev–Trinajstić information content (AvgIpc) is 2.57. The molecule has 0 aliphatic carbocycles. The maximum absolute atomic E-state index is 12.9. The molecule has 2 heterocycles. The summed E-state index contributed by atoms with van der Waals surface area (Å²) in [6.45, 7) is 4.28. The highest BCUT2D eigenvalue weighted by molar-refractivity contribution is 9.10. The predicted octanol–water partition coefficient (Wildman–Crippen LogP) is 3.36. The van der Waals surface area contributed by atoms with E-state index in [2.05, 4.69) is 26.2 Å². The van der Waals surface area contributed by atoms with Gasteiger partial charge in [-0.1, -0.05) is 28.1 Å². The second-order valence-electron chi connectivity index (χ2n) is 5.47. The van der Waals surface area contributed by atoms with Crippen molar-refractivity contribution in [2.24, 2.45) is 0 Å². The van der Waals surface area contributed by atoms with Gasteiger partial charge >= 0.3 is 0 Å². The van der Waals surface area contributed by atoms with Gasteiger partial charge in [0.15, 0.2) is 0 Å². The zero-order valence-corrected chi connectivity index (χ0v) is 15.2. The third-order valence-corrected chi connectivity index (χ3v) is 4.85. The number of nitrogens with one attached hydrogen (secondary N) is 1. The van der Waals surface area contributed by atoms with E-state index in [4.69, 9.17) is 0 Å². The molecule has 4 nitrogen and oxygen atoms in total. The quantitative estimate of drug-likeness (QED) is 0.846. The van der Waals surface area contributed by atoms with Crippen molar-refractivity contribution in [1.29, 1.82) is 0 Å². The summed E-state index contributed by atoms with van der Waals surface area (Å²) in [6, 6.07) is 9.73. The van der Waals surface area contributed by atoms with Crippen LogP contribution in [0.5, 0.6) is 0 Å². The number of piperazine rings is 1. The van der Waals surface area contributed by atoms with Crippen LogP contribution in [-0.4, -0.2) is 35.4 Å². The number of halogens is 2. The Hall–Kier alpha value is -1.43. The summed E-state index contributed by atoms with van der Waals surface area (Å²) in [5.74, 6) is 0.0658. The molecule has 1 aliphatic rings. The van der Waals surface area contributed by atoms with Crippen LogP contribution in [0.4, 0.5) is 0 Å². The minimum Gasteiger partial charge on any atom is -0.329 e. The van der Waals surface area contributed by atoms with Crippen molar-refractivity contribution in [3.05, 3.63) is 63.9 Å². The van der Waals surface area contributed by atoms with Gasteiger partial charge in [-0.3, -0.25) is 9.78 Å². The Balaban J connectivity index is 0.00000192. The second kappa shape index (κ2) is 7.90. The SMILES string of the molecule is Cc1ccc(C(=O)N2CCNCC2c2cccnc2)cc1Br.Cl. The molecular weight excluding hydrogens is 378 g/mol. The molecule has 0 saturated carbocycles. The van der Waals surface area contributed by atoms with Crippen LogP contribution in [0.15, 0.2) is 47.2 Å². The smallest absolute Gasteiger partial charge is 0.254 e. The minimum absolute atomic E-state index is 0. The lowest BCUT2D eigenvalue weighted by Crippen LogP contribution is -2.48. The Morgan fingerprint density at radius 3 is 2.91 bits per heavy atom. The van der Waals surface area contributed by atoms with E-state index in [1.54, 1.807) is 6.20 Å². The van der Waals surface area contributed by atoms with Gasteiger partial charge in [0.1, 0.15) is 0 Å². The fourth-order valence-electron chi connectivity index (χ4n) is 2.71. The number of carbonyl (C=O) groups is 1. The second-order valence-corrected chi connectivity index (χ2v) is 6.32. The summed E-state index contributed by atoms with van der Waals surface area (Å²) in [6.07, 6.45) is 3.59. The number of nitrogens with zero attached hydrogens (tertiary/aromatic N) is 2. The predicted molar refractivity (Wildman–Crippen MR) is 97.0 cm³/mol. The molecule has 23 heavy (non-hydrogen) atoms. The van der Waals surface area contributed by atoms with Gasteiger partial charge in [-0.15, -0.1) is 12.4 Å². The van der Waals surface area contributed by atoms with Crippen molar-refractivity contribution in [2.45, 2.75) is 13.0 Å². The number of carbonyl (C=O) groups excluding carboxylic acids is 1. The Bertz CT molecular complexity index is 681. The van der Waals surface area contributed by atoms with Gasteiger partial charge in [-0.2, -0.15) is 0 Å². The molecule has 0 spiro atoms. The van der Waals surface area contributed by atoms with Crippen molar-refractivity contribution >= 4 is 34.2 Å². The fraction of sp³-hybridized carbons (Fsp3) is 0.294. The highest BCUT2D eigenvalue weighted by Crippen LogP contribution is 2.25. The molecule has 0 bridgehead atoms. The van der Waals surface area contributed by atoms with Crippen LogP contribution in [0, 0.1) is 6.92 Å². The summed E-state index contributed by atoms with van der Waals surface area (Å²) in [5.41, 5.74) is 2.91. The van der Waals surface area contributed by atoms with Crippen molar-refractivity contribution in [3.63, 3.8) is 0 Å². The standard InChI is InChI=1S/C17H18BrN3O.ClH/c1-12-4-5-13(9-15(12)18)17(22)21-8-7-20-11-16(21)14-3-2-6-19-10-14;/h2-6,9-10,16,20H,7-8,11H2,1H3;1H. The molecule has 1 fully saturated rings. The number of hydrogen-bond donors (Lipinski definition) is 1. The highest BCUT2D eigenvalue weighted by atomic mass is 79.9. The molecule has 122 valence electrons. The molecule has 1 atom stereocenters. The fourth-order valence-corrected chi connectivity index (χ4v) is 3.09. The zero-order chi connectivity index (χ0) is 15.5. The zero-order valence-electron chi connectivity index (χ0n) is 12.8. The number of pyridine rings is 1. The molecule has 6 heteroatoms. The van der Waals surface area contributed by atoms with Crippen LogP contribution >= 0.6 is 28.3 Å². The molecule has 1 N–H and O–H groups in total. The molecule has 1 aromatic carbocycles. The topological polar surface area (TPSA) is 45.2 Å². The number of amides is 1. The average molecular weight is 397 g/mol. The monoisotopic (exact) mass is 395 g/mol. The number of aryl methyl sites for hydroxylation is 1. The van der Waals surface area contributed by atoms with Crippen molar-refractivity contribution in [1.82, 2.24) is 15.2 Å². The van der Waals surface area contributed by atoms with E-state index in [1.807, 2.05) is 48.4 Å². The van der Waals surface area contributed by atoms with Gasteiger partial charge < -0.3 is 10.2 Å². The van der Waals surface area contributed by atoms with Gasteiger partial charge in [0.05, 0.1) is 6.04 Å². The Labute approximate surface area is 150 Å². The molecule has 1 aromatic heterocycles. The van der Waals surface area contributed by atoms with Gasteiger partial charge in [0, 0.05) is 42.1 Å². The Kier molecular flexibility index (Phi) is 6.16. The molecular formula is C17H19BrClN3O. The first-order valence-electron chi connectivity index (χ1n) is 7.34. The molecule has 1 aliphatic heterocycles. The van der Waals surface area contributed by atoms with Crippen molar-refractivity contribution < 1.29 is 4.79 Å². The lowest BCUT2D eigenvalue weighted by atomic mass is 10.0. The normalized spacial score (nSPS) is 17.5. The van der Waals surface area contributed by atoms with E-state index in [0.29, 0.717) is 12.1 Å². The van der Waals surface area contributed by atoms with Crippen LogP contribution in [-0.2, 0) is 0 Å². The molecule has 1 saturated heterocycles. The maximum Gasteiger partial charge on any atom is 0.254 e. The van der Waals surface area contributed by atoms with Gasteiger partial charge in [-0.05, 0) is 36.2 Å². The van der Waals surface area contributed by atoms with Crippen LogP contribution in [0.25, 0.3) is 0 Å². The highest BCUT2D eigenvalue weighted by Gasteiger charge is 2.28. The first-order chi connectivity index (χ1) is 10.7. The maximum atomic E-state index is 12.9. The third kappa shape index (κ3) is 3.91. The summed E-state index contributed by atoms with van der Waals surface area (Å²) >= 11 is 3.51. The first kappa shape index (κ1) is 17.9. The molecule has 3 rings (SSSR count). The number of rotatable bonds is 2. The van der Waals surface area contributed by atoms with Crippen molar-refractivity contribution in [2.75, 3.05) is 19.6 Å². The minimum atomic E-state index is 0. The van der Waals surface area contributed by atoms with Crippen LogP contribution in [0.2, 0.25) is 0 Å². The molecule has 1 amide bonds. The van der Waals surface area contributed by atoms with Gasteiger partial charge in [0.25, 0.3) is 5.91 Å². The first-order valence-corrected chi connectivity index (χ1v) is 8.14. The van der Waals surface area contributed by atoms with Gasteiger partial charge in [-0.25, -0.2) is 0 Å². The van der Waals surface area contributed by atoms with Gasteiger partial charge in [0.2, 0.25) is 0 Å². The number of benzene rings is 1. The van der Waals surface area contributed by atoms with E-state index in [-0.39, 0.29) is 24.4 Å².